The highest BCUT2D eigenvalue weighted by atomic mass is 32.1. The summed E-state index contributed by atoms with van der Waals surface area (Å²) in [6.45, 7) is 5.84. The number of rotatable bonds is 5. The third-order valence-electron chi connectivity index (χ3n) is 2.94. The molecule has 1 aliphatic rings. The maximum Gasteiger partial charge on any atom is 0.232 e. The van der Waals surface area contributed by atoms with Crippen LogP contribution in [-0.4, -0.2) is 41.6 Å². The van der Waals surface area contributed by atoms with E-state index in [0.29, 0.717) is 13.1 Å². The SMILES string of the molecule is CCN(CC1CCCO1)C(=O)C(C)C(N)=S. The van der Waals surface area contributed by atoms with Gasteiger partial charge in [0.1, 0.15) is 0 Å². The molecular formula is C11H20N2O2S. The predicted octanol–water partition coefficient (Wildman–Crippen LogP) is 0.936. The summed E-state index contributed by atoms with van der Waals surface area (Å²) in [6, 6.07) is 0. The van der Waals surface area contributed by atoms with Gasteiger partial charge in [-0.25, -0.2) is 0 Å². The van der Waals surface area contributed by atoms with Gasteiger partial charge in [-0.15, -0.1) is 0 Å². The van der Waals surface area contributed by atoms with Crippen molar-refractivity contribution < 1.29 is 9.53 Å². The van der Waals surface area contributed by atoms with Gasteiger partial charge in [-0.05, 0) is 26.7 Å². The molecule has 0 aromatic rings. The Morgan fingerprint density at radius 2 is 2.38 bits per heavy atom. The molecule has 0 saturated carbocycles. The largest absolute Gasteiger partial charge is 0.393 e. The van der Waals surface area contributed by atoms with Gasteiger partial charge in [0.2, 0.25) is 5.91 Å². The van der Waals surface area contributed by atoms with E-state index in [1.165, 1.54) is 0 Å². The topological polar surface area (TPSA) is 55.6 Å². The van der Waals surface area contributed by atoms with E-state index in [2.05, 4.69) is 0 Å². The minimum Gasteiger partial charge on any atom is -0.393 e. The van der Waals surface area contributed by atoms with Crippen LogP contribution in [0.4, 0.5) is 0 Å². The molecule has 2 unspecified atom stereocenters. The van der Waals surface area contributed by atoms with Crippen LogP contribution in [-0.2, 0) is 9.53 Å². The minimum atomic E-state index is -0.378. The van der Waals surface area contributed by atoms with Crippen molar-refractivity contribution in [2.45, 2.75) is 32.8 Å². The summed E-state index contributed by atoms with van der Waals surface area (Å²) in [7, 11) is 0. The number of hydrogen-bond acceptors (Lipinski definition) is 3. The molecule has 1 fully saturated rings. The fourth-order valence-electron chi connectivity index (χ4n) is 1.80. The molecule has 4 nitrogen and oxygen atoms in total. The van der Waals surface area contributed by atoms with Crippen LogP contribution in [0.5, 0.6) is 0 Å². The summed E-state index contributed by atoms with van der Waals surface area (Å²) < 4.78 is 5.52. The Balaban J connectivity index is 2.52. The number of likely N-dealkylation sites (N-methyl/N-ethyl adjacent to an activating group) is 1. The van der Waals surface area contributed by atoms with Gasteiger partial charge in [-0.2, -0.15) is 0 Å². The first-order valence-corrected chi connectivity index (χ1v) is 6.16. The van der Waals surface area contributed by atoms with Crippen molar-refractivity contribution in [2.24, 2.45) is 11.7 Å². The normalized spacial score (nSPS) is 21.8. The van der Waals surface area contributed by atoms with Crippen molar-refractivity contribution in [2.75, 3.05) is 19.7 Å². The molecule has 2 atom stereocenters. The molecule has 92 valence electrons. The number of amides is 1. The van der Waals surface area contributed by atoms with E-state index in [1.807, 2.05) is 6.92 Å². The predicted molar refractivity (Wildman–Crippen MR) is 67.2 cm³/mol. The van der Waals surface area contributed by atoms with Gasteiger partial charge in [-0.3, -0.25) is 4.79 Å². The second kappa shape index (κ2) is 6.15. The fraction of sp³-hybridized carbons (Fsp3) is 0.818. The molecule has 0 aliphatic carbocycles. The van der Waals surface area contributed by atoms with E-state index in [0.717, 1.165) is 19.4 Å². The molecule has 0 spiro atoms. The summed E-state index contributed by atoms with van der Waals surface area (Å²) in [6.07, 6.45) is 2.30. The molecule has 1 rings (SSSR count). The lowest BCUT2D eigenvalue weighted by Crippen LogP contribution is -2.43. The first-order valence-electron chi connectivity index (χ1n) is 5.76. The lowest BCUT2D eigenvalue weighted by Gasteiger charge is -2.26. The molecule has 5 heteroatoms. The fourth-order valence-corrected chi connectivity index (χ4v) is 1.91. The van der Waals surface area contributed by atoms with Gasteiger partial charge >= 0.3 is 0 Å². The van der Waals surface area contributed by atoms with Crippen LogP contribution in [0.3, 0.4) is 0 Å². The highest BCUT2D eigenvalue weighted by Crippen LogP contribution is 2.14. The van der Waals surface area contributed by atoms with Crippen molar-refractivity contribution in [1.82, 2.24) is 4.90 Å². The monoisotopic (exact) mass is 244 g/mol. The molecule has 0 aromatic heterocycles. The Bertz CT molecular complexity index is 265. The van der Waals surface area contributed by atoms with E-state index >= 15 is 0 Å². The zero-order chi connectivity index (χ0) is 12.1. The number of carbonyl (C=O) groups excluding carboxylic acids is 1. The van der Waals surface area contributed by atoms with Crippen molar-refractivity contribution >= 4 is 23.1 Å². The van der Waals surface area contributed by atoms with E-state index in [4.69, 9.17) is 22.7 Å². The zero-order valence-electron chi connectivity index (χ0n) is 9.94. The van der Waals surface area contributed by atoms with Crippen LogP contribution in [0, 0.1) is 5.92 Å². The Labute approximate surface area is 102 Å². The number of carbonyl (C=O) groups is 1. The molecule has 1 heterocycles. The van der Waals surface area contributed by atoms with E-state index in [9.17, 15) is 4.79 Å². The van der Waals surface area contributed by atoms with Crippen molar-refractivity contribution in [3.8, 4) is 0 Å². The molecule has 0 radical (unpaired) electrons. The summed E-state index contributed by atoms with van der Waals surface area (Å²) in [5.74, 6) is -0.373. The first kappa shape index (κ1) is 13.4. The van der Waals surface area contributed by atoms with Crippen LogP contribution < -0.4 is 5.73 Å². The van der Waals surface area contributed by atoms with Crippen molar-refractivity contribution in [3.63, 3.8) is 0 Å². The third-order valence-corrected chi connectivity index (χ3v) is 3.29. The number of nitrogens with zero attached hydrogens (tertiary/aromatic N) is 1. The first-order chi connectivity index (χ1) is 7.56. The Kier molecular flexibility index (Phi) is 5.15. The molecule has 1 aliphatic heterocycles. The number of nitrogens with two attached hydrogens (primary N) is 1. The van der Waals surface area contributed by atoms with Crippen LogP contribution >= 0.6 is 12.2 Å². The molecule has 0 aromatic carbocycles. The average molecular weight is 244 g/mol. The van der Waals surface area contributed by atoms with Crippen LogP contribution in [0.2, 0.25) is 0 Å². The lowest BCUT2D eigenvalue weighted by atomic mass is 10.1. The van der Waals surface area contributed by atoms with Gasteiger partial charge in [0.05, 0.1) is 17.0 Å². The summed E-state index contributed by atoms with van der Waals surface area (Å²) in [5.41, 5.74) is 5.49. The maximum atomic E-state index is 12.0. The van der Waals surface area contributed by atoms with Gasteiger partial charge < -0.3 is 15.4 Å². The molecular weight excluding hydrogens is 224 g/mol. The number of hydrogen-bond donors (Lipinski definition) is 1. The molecule has 1 amide bonds. The third kappa shape index (κ3) is 3.42. The average Bonchev–Trinajstić information content (AvgIpc) is 2.76. The Morgan fingerprint density at radius 1 is 1.69 bits per heavy atom. The summed E-state index contributed by atoms with van der Waals surface area (Å²) in [4.78, 5) is 14.0. The minimum absolute atomic E-state index is 0.00509. The Morgan fingerprint density at radius 3 is 2.81 bits per heavy atom. The molecule has 2 N–H and O–H groups in total. The van der Waals surface area contributed by atoms with Crippen LogP contribution in [0.1, 0.15) is 26.7 Å². The molecule has 0 bridgehead atoms. The summed E-state index contributed by atoms with van der Waals surface area (Å²) >= 11 is 4.84. The van der Waals surface area contributed by atoms with Crippen molar-refractivity contribution in [3.05, 3.63) is 0 Å². The second-order valence-corrected chi connectivity index (χ2v) is 4.61. The second-order valence-electron chi connectivity index (χ2n) is 4.14. The highest BCUT2D eigenvalue weighted by molar-refractivity contribution is 7.80. The van der Waals surface area contributed by atoms with E-state index in [1.54, 1.807) is 11.8 Å². The molecule has 16 heavy (non-hydrogen) atoms. The quantitative estimate of drug-likeness (QED) is 0.731. The highest BCUT2D eigenvalue weighted by Gasteiger charge is 2.25. The van der Waals surface area contributed by atoms with Gasteiger partial charge in [0, 0.05) is 19.7 Å². The lowest BCUT2D eigenvalue weighted by molar-refractivity contribution is -0.134. The van der Waals surface area contributed by atoms with Crippen molar-refractivity contribution in [1.29, 1.82) is 0 Å². The maximum absolute atomic E-state index is 12.0. The Hall–Kier alpha value is -0.680. The smallest absolute Gasteiger partial charge is 0.232 e. The zero-order valence-corrected chi connectivity index (χ0v) is 10.8. The number of thiocarbonyl (C=S) groups is 1. The van der Waals surface area contributed by atoms with Gasteiger partial charge in [0.25, 0.3) is 0 Å². The van der Waals surface area contributed by atoms with E-state index < -0.39 is 0 Å². The number of ether oxygens (including phenoxy) is 1. The van der Waals surface area contributed by atoms with Crippen LogP contribution in [0.15, 0.2) is 0 Å². The summed E-state index contributed by atoms with van der Waals surface area (Å²) in [5, 5.41) is 0. The van der Waals surface area contributed by atoms with Gasteiger partial charge in [-0.1, -0.05) is 12.2 Å². The van der Waals surface area contributed by atoms with Gasteiger partial charge in [0.15, 0.2) is 0 Å². The van der Waals surface area contributed by atoms with Crippen LogP contribution in [0.25, 0.3) is 0 Å². The molecule has 1 saturated heterocycles. The standard InChI is InChI=1S/C11H20N2O2S/c1-3-13(7-9-5-4-6-15-9)11(14)8(2)10(12)16/h8-9H,3-7H2,1-2H3,(H2,12,16). The van der Waals surface area contributed by atoms with E-state index in [-0.39, 0.29) is 22.9 Å².